The first kappa shape index (κ1) is 19.8. The van der Waals surface area contributed by atoms with E-state index in [1.807, 2.05) is 0 Å². The molecule has 4 N–H and O–H groups in total. The van der Waals surface area contributed by atoms with Crippen LogP contribution in [0.25, 0.3) is 0 Å². The summed E-state index contributed by atoms with van der Waals surface area (Å²) in [6.07, 6.45) is 0.617. The predicted octanol–water partition coefficient (Wildman–Crippen LogP) is 1.99. The Morgan fingerprint density at radius 2 is 1.81 bits per heavy atom. The second-order valence-electron chi connectivity index (χ2n) is 6.52. The van der Waals surface area contributed by atoms with Crippen molar-refractivity contribution in [2.75, 3.05) is 0 Å². The molecule has 1 aliphatic rings. The van der Waals surface area contributed by atoms with Crippen LogP contribution in [0.1, 0.15) is 38.7 Å². The molecule has 0 bridgehead atoms. The summed E-state index contributed by atoms with van der Waals surface area (Å²) in [6, 6.07) is 3.23. The van der Waals surface area contributed by atoms with Crippen LogP contribution in [0.5, 0.6) is 11.5 Å². The van der Waals surface area contributed by atoms with Gasteiger partial charge in [-0.25, -0.2) is 4.79 Å². The van der Waals surface area contributed by atoms with Gasteiger partial charge in [0.05, 0.1) is 0 Å². The molecule has 0 spiro atoms. The largest absolute Gasteiger partial charge is 0.508 e. The van der Waals surface area contributed by atoms with Crippen LogP contribution in [0.3, 0.4) is 0 Å². The van der Waals surface area contributed by atoms with Gasteiger partial charge in [0.15, 0.2) is 11.5 Å². The molecule has 0 heterocycles. The molecule has 1 aromatic carbocycles. The van der Waals surface area contributed by atoms with E-state index in [1.165, 1.54) is 12.1 Å². The van der Waals surface area contributed by atoms with E-state index in [4.69, 9.17) is 19.9 Å². The number of rotatable bonds is 7. The molecule has 1 aromatic rings. The Kier molecular flexibility index (Phi) is 6.68. The van der Waals surface area contributed by atoms with Crippen LogP contribution >= 0.6 is 0 Å². The SMILES string of the molecule is C[C@H](OC(=O)[C@@H](N)Cc1ccc(O)c(O)c1)[C@@H](C)OC(=O)OC1CCC1. The molecule has 0 aliphatic heterocycles. The van der Waals surface area contributed by atoms with Gasteiger partial charge >= 0.3 is 12.1 Å². The number of esters is 1. The van der Waals surface area contributed by atoms with Gasteiger partial charge in [-0.1, -0.05) is 6.07 Å². The predicted molar refractivity (Wildman–Crippen MR) is 91.7 cm³/mol. The molecule has 8 heteroatoms. The zero-order chi connectivity index (χ0) is 19.3. The van der Waals surface area contributed by atoms with E-state index < -0.39 is 30.4 Å². The standard InChI is InChI=1S/C18H25NO7/c1-10(11(2)25-18(23)26-13-4-3-5-13)24-17(22)14(19)8-12-6-7-15(20)16(21)9-12/h6-7,9-11,13-14,20-21H,3-5,8,19H2,1-2H3/t10-,11+,14-/m0/s1. The van der Waals surface area contributed by atoms with Crippen molar-refractivity contribution in [2.45, 2.75) is 63.9 Å². The van der Waals surface area contributed by atoms with Gasteiger partial charge in [0, 0.05) is 0 Å². The van der Waals surface area contributed by atoms with Gasteiger partial charge in [-0.3, -0.25) is 4.79 Å². The molecule has 2 rings (SSSR count). The van der Waals surface area contributed by atoms with E-state index in [1.54, 1.807) is 19.9 Å². The number of phenolic OH excluding ortho intramolecular Hbond substituents is 2. The fourth-order valence-corrected chi connectivity index (χ4v) is 2.30. The molecule has 1 aliphatic carbocycles. The summed E-state index contributed by atoms with van der Waals surface area (Å²) in [4.78, 5) is 23.7. The van der Waals surface area contributed by atoms with Crippen LogP contribution in [-0.2, 0) is 25.4 Å². The van der Waals surface area contributed by atoms with E-state index in [2.05, 4.69) is 0 Å². The summed E-state index contributed by atoms with van der Waals surface area (Å²) in [5.41, 5.74) is 6.40. The number of carbonyl (C=O) groups excluding carboxylic acids is 2. The van der Waals surface area contributed by atoms with Crippen molar-refractivity contribution in [3.8, 4) is 11.5 Å². The normalized spacial score (nSPS) is 17.5. The van der Waals surface area contributed by atoms with Crippen LogP contribution in [0.15, 0.2) is 18.2 Å². The van der Waals surface area contributed by atoms with E-state index in [-0.39, 0.29) is 24.0 Å². The monoisotopic (exact) mass is 367 g/mol. The lowest BCUT2D eigenvalue weighted by atomic mass is 9.96. The minimum Gasteiger partial charge on any atom is -0.504 e. The first-order valence-corrected chi connectivity index (χ1v) is 8.60. The summed E-state index contributed by atoms with van der Waals surface area (Å²) in [5, 5.41) is 18.8. The second kappa shape index (κ2) is 8.75. The fraction of sp³-hybridized carbons (Fsp3) is 0.556. The van der Waals surface area contributed by atoms with E-state index in [0.717, 1.165) is 19.3 Å². The van der Waals surface area contributed by atoms with Crippen molar-refractivity contribution in [1.82, 2.24) is 0 Å². The average molecular weight is 367 g/mol. The van der Waals surface area contributed by atoms with Gasteiger partial charge in [0.1, 0.15) is 24.4 Å². The zero-order valence-corrected chi connectivity index (χ0v) is 14.9. The summed E-state index contributed by atoms with van der Waals surface area (Å²) < 4.78 is 15.4. The van der Waals surface area contributed by atoms with Gasteiger partial charge in [0.2, 0.25) is 0 Å². The highest BCUT2D eigenvalue weighted by Gasteiger charge is 2.27. The lowest BCUT2D eigenvalue weighted by Crippen LogP contribution is -2.40. The van der Waals surface area contributed by atoms with Gasteiger partial charge in [-0.05, 0) is 57.2 Å². The van der Waals surface area contributed by atoms with Crippen LogP contribution in [0.4, 0.5) is 4.79 Å². The Morgan fingerprint density at radius 1 is 1.15 bits per heavy atom. The van der Waals surface area contributed by atoms with E-state index >= 15 is 0 Å². The third kappa shape index (κ3) is 5.52. The van der Waals surface area contributed by atoms with Crippen molar-refractivity contribution >= 4 is 12.1 Å². The molecule has 144 valence electrons. The number of aromatic hydroxyl groups is 2. The van der Waals surface area contributed by atoms with Crippen molar-refractivity contribution in [3.63, 3.8) is 0 Å². The number of ether oxygens (including phenoxy) is 3. The second-order valence-corrected chi connectivity index (χ2v) is 6.52. The number of phenols is 2. The maximum Gasteiger partial charge on any atom is 0.508 e. The lowest BCUT2D eigenvalue weighted by molar-refractivity contribution is -0.156. The van der Waals surface area contributed by atoms with Crippen molar-refractivity contribution in [1.29, 1.82) is 0 Å². The Morgan fingerprint density at radius 3 is 2.38 bits per heavy atom. The molecule has 0 aromatic heterocycles. The minimum atomic E-state index is -0.962. The van der Waals surface area contributed by atoms with Gasteiger partial charge in [-0.2, -0.15) is 0 Å². The molecular formula is C18H25NO7. The highest BCUT2D eigenvalue weighted by molar-refractivity contribution is 5.76. The highest BCUT2D eigenvalue weighted by Crippen LogP contribution is 2.25. The first-order valence-electron chi connectivity index (χ1n) is 8.60. The Hall–Kier alpha value is -2.48. The lowest BCUT2D eigenvalue weighted by Gasteiger charge is -2.27. The highest BCUT2D eigenvalue weighted by atomic mass is 16.7. The maximum absolute atomic E-state index is 12.1. The maximum atomic E-state index is 12.1. The molecule has 8 nitrogen and oxygen atoms in total. The molecule has 0 radical (unpaired) electrons. The number of hydrogen-bond acceptors (Lipinski definition) is 8. The molecule has 0 saturated heterocycles. The van der Waals surface area contributed by atoms with Crippen molar-refractivity contribution in [3.05, 3.63) is 23.8 Å². The Balaban J connectivity index is 1.78. The molecule has 0 amide bonds. The smallest absolute Gasteiger partial charge is 0.504 e. The Bertz CT molecular complexity index is 644. The molecule has 3 atom stereocenters. The number of hydrogen-bond donors (Lipinski definition) is 3. The van der Waals surface area contributed by atoms with Crippen LogP contribution in [0.2, 0.25) is 0 Å². The summed E-state index contributed by atoms with van der Waals surface area (Å²) >= 11 is 0. The molecule has 1 fully saturated rings. The van der Waals surface area contributed by atoms with Crippen LogP contribution in [-0.4, -0.2) is 46.7 Å². The van der Waals surface area contributed by atoms with Gasteiger partial charge in [0.25, 0.3) is 0 Å². The van der Waals surface area contributed by atoms with Crippen LogP contribution in [0, 0.1) is 0 Å². The fourth-order valence-electron chi connectivity index (χ4n) is 2.30. The topological polar surface area (TPSA) is 128 Å². The summed E-state index contributed by atoms with van der Waals surface area (Å²) in [7, 11) is 0. The first-order chi connectivity index (χ1) is 12.3. The molecule has 26 heavy (non-hydrogen) atoms. The van der Waals surface area contributed by atoms with E-state index in [9.17, 15) is 19.8 Å². The minimum absolute atomic E-state index is 0.0808. The quantitative estimate of drug-likeness (QED) is 0.493. The van der Waals surface area contributed by atoms with Crippen molar-refractivity contribution in [2.24, 2.45) is 5.73 Å². The number of nitrogens with two attached hydrogens (primary N) is 1. The molecular weight excluding hydrogens is 342 g/mol. The van der Waals surface area contributed by atoms with Crippen LogP contribution < -0.4 is 5.73 Å². The molecule has 1 saturated carbocycles. The van der Waals surface area contributed by atoms with Gasteiger partial charge in [-0.15, -0.1) is 0 Å². The average Bonchev–Trinajstić information content (AvgIpc) is 2.54. The Labute approximate surface area is 151 Å². The molecule has 0 unspecified atom stereocenters. The third-order valence-corrected chi connectivity index (χ3v) is 4.36. The summed E-state index contributed by atoms with van der Waals surface area (Å²) in [6.45, 7) is 3.20. The number of benzene rings is 1. The zero-order valence-electron chi connectivity index (χ0n) is 14.9. The number of carbonyl (C=O) groups is 2. The third-order valence-electron chi connectivity index (χ3n) is 4.36. The summed E-state index contributed by atoms with van der Waals surface area (Å²) in [5.74, 6) is -1.20. The van der Waals surface area contributed by atoms with E-state index in [0.29, 0.717) is 5.56 Å². The van der Waals surface area contributed by atoms with Crippen molar-refractivity contribution < 1.29 is 34.0 Å². The van der Waals surface area contributed by atoms with Gasteiger partial charge < -0.3 is 30.2 Å².